The molecule has 0 aromatic heterocycles. The van der Waals surface area contributed by atoms with Gasteiger partial charge >= 0.3 is 0 Å². The number of likely N-dealkylation sites (N-methyl/N-ethyl adjacent to an activating group) is 1. The first-order valence-corrected chi connectivity index (χ1v) is 12.6. The molecule has 0 fully saturated rings. The second-order valence-electron chi connectivity index (χ2n) is 8.90. The maximum absolute atomic E-state index is 13.1. The van der Waals surface area contributed by atoms with E-state index >= 15 is 0 Å². The average Bonchev–Trinajstić information content (AvgIpc) is 2.80. The van der Waals surface area contributed by atoms with Crippen LogP contribution >= 0.6 is 0 Å². The number of rotatable bonds is 10. The van der Waals surface area contributed by atoms with Crippen LogP contribution in [0.25, 0.3) is 10.8 Å². The second-order valence-corrected chi connectivity index (χ2v) is 10.6. The molecule has 6 nitrogen and oxygen atoms in total. The van der Waals surface area contributed by atoms with Crippen LogP contribution in [-0.4, -0.2) is 51.9 Å². The van der Waals surface area contributed by atoms with Crippen LogP contribution in [0, 0.1) is 5.92 Å². The minimum Gasteiger partial charge on any atom is -0.353 e. The van der Waals surface area contributed by atoms with Gasteiger partial charge in [0.05, 0.1) is 4.90 Å². The maximum Gasteiger partial charge on any atom is 0.241 e. The van der Waals surface area contributed by atoms with E-state index < -0.39 is 16.1 Å². The normalized spacial score (nSPS) is 13.9. The third kappa shape index (κ3) is 6.63. The predicted molar refractivity (Wildman–Crippen MR) is 134 cm³/mol. The van der Waals surface area contributed by atoms with Gasteiger partial charge < -0.3 is 10.2 Å². The summed E-state index contributed by atoms with van der Waals surface area (Å²) in [5, 5.41) is 4.76. The number of benzene rings is 3. The summed E-state index contributed by atoms with van der Waals surface area (Å²) in [6, 6.07) is 21.9. The summed E-state index contributed by atoms with van der Waals surface area (Å²) in [7, 11) is 0.0830. The molecule has 2 unspecified atom stereocenters. The monoisotopic (exact) mass is 467 g/mol. The van der Waals surface area contributed by atoms with Crippen molar-refractivity contribution >= 4 is 26.7 Å². The smallest absolute Gasteiger partial charge is 0.241 e. The standard InChI is InChI=1S/C26H33N3O3S/c1-19(2)25(26(30)27-18-23(29(3)4)16-20-10-6-5-7-11-20)28-33(31,32)24-15-14-21-12-8-9-13-22(21)17-24/h5-15,17,19,23,25,28H,16,18H2,1-4H3,(H,27,30). The Bertz CT molecular complexity index is 1180. The van der Waals surface area contributed by atoms with E-state index in [9.17, 15) is 13.2 Å². The molecule has 0 bridgehead atoms. The van der Waals surface area contributed by atoms with Gasteiger partial charge in [0.2, 0.25) is 15.9 Å². The van der Waals surface area contributed by atoms with Crippen molar-refractivity contribution in [2.24, 2.45) is 5.92 Å². The van der Waals surface area contributed by atoms with E-state index in [0.29, 0.717) is 6.54 Å². The molecule has 0 saturated heterocycles. The molecule has 0 heterocycles. The number of nitrogens with zero attached hydrogens (tertiary/aromatic N) is 1. The fourth-order valence-corrected chi connectivity index (χ4v) is 5.09. The van der Waals surface area contributed by atoms with Crippen LogP contribution in [0.3, 0.4) is 0 Å². The maximum atomic E-state index is 13.1. The van der Waals surface area contributed by atoms with Crippen LogP contribution < -0.4 is 10.0 Å². The van der Waals surface area contributed by atoms with Crippen molar-refractivity contribution in [3.05, 3.63) is 78.4 Å². The first kappa shape index (κ1) is 24.9. The first-order chi connectivity index (χ1) is 15.7. The van der Waals surface area contributed by atoms with Gasteiger partial charge in [0.15, 0.2) is 0 Å². The fourth-order valence-electron chi connectivity index (χ4n) is 3.71. The van der Waals surface area contributed by atoms with Crippen molar-refractivity contribution in [2.75, 3.05) is 20.6 Å². The van der Waals surface area contributed by atoms with Crippen molar-refractivity contribution in [1.82, 2.24) is 14.9 Å². The lowest BCUT2D eigenvalue weighted by molar-refractivity contribution is -0.123. The van der Waals surface area contributed by atoms with Crippen LogP contribution in [0.4, 0.5) is 0 Å². The van der Waals surface area contributed by atoms with Crippen LogP contribution in [0.2, 0.25) is 0 Å². The molecular weight excluding hydrogens is 434 g/mol. The highest BCUT2D eigenvalue weighted by atomic mass is 32.2. The molecule has 0 aliphatic carbocycles. The van der Waals surface area contributed by atoms with Gasteiger partial charge in [-0.1, -0.05) is 74.5 Å². The number of amides is 1. The predicted octanol–water partition coefficient (Wildman–Crippen LogP) is 3.43. The molecule has 33 heavy (non-hydrogen) atoms. The van der Waals surface area contributed by atoms with Gasteiger partial charge in [0, 0.05) is 12.6 Å². The van der Waals surface area contributed by atoms with Crippen molar-refractivity contribution < 1.29 is 13.2 Å². The number of sulfonamides is 1. The molecule has 0 aliphatic heterocycles. The van der Waals surface area contributed by atoms with E-state index in [0.717, 1.165) is 17.2 Å². The van der Waals surface area contributed by atoms with Crippen molar-refractivity contribution in [3.63, 3.8) is 0 Å². The molecule has 0 spiro atoms. The van der Waals surface area contributed by atoms with E-state index in [1.54, 1.807) is 18.2 Å². The van der Waals surface area contributed by atoms with Crippen molar-refractivity contribution in [2.45, 2.75) is 37.2 Å². The molecule has 3 aromatic rings. The van der Waals surface area contributed by atoms with Gasteiger partial charge in [0.25, 0.3) is 0 Å². The summed E-state index contributed by atoms with van der Waals surface area (Å²) in [5.74, 6) is -0.540. The van der Waals surface area contributed by atoms with Crippen LogP contribution in [-0.2, 0) is 21.2 Å². The largest absolute Gasteiger partial charge is 0.353 e. The lowest BCUT2D eigenvalue weighted by Gasteiger charge is -2.27. The number of fused-ring (bicyclic) bond motifs is 1. The van der Waals surface area contributed by atoms with Crippen LogP contribution in [0.1, 0.15) is 19.4 Å². The lowest BCUT2D eigenvalue weighted by atomic mass is 10.0. The van der Waals surface area contributed by atoms with Gasteiger partial charge in [0.1, 0.15) is 6.04 Å². The van der Waals surface area contributed by atoms with E-state index in [4.69, 9.17) is 0 Å². The zero-order valence-corrected chi connectivity index (χ0v) is 20.5. The van der Waals surface area contributed by atoms with Crippen LogP contribution in [0.5, 0.6) is 0 Å². The molecule has 0 saturated carbocycles. The van der Waals surface area contributed by atoms with Crippen molar-refractivity contribution in [1.29, 1.82) is 0 Å². The number of carbonyl (C=O) groups excluding carboxylic acids is 1. The molecule has 2 N–H and O–H groups in total. The lowest BCUT2D eigenvalue weighted by Crippen LogP contribution is -2.52. The molecule has 0 aliphatic rings. The average molecular weight is 468 g/mol. The minimum absolute atomic E-state index is 0.0845. The quantitative estimate of drug-likeness (QED) is 0.479. The number of nitrogens with one attached hydrogen (secondary N) is 2. The Kier molecular flexibility index (Phi) is 8.24. The van der Waals surface area contributed by atoms with Gasteiger partial charge in [-0.25, -0.2) is 8.42 Å². The molecule has 0 radical (unpaired) electrons. The van der Waals surface area contributed by atoms with E-state index in [1.165, 1.54) is 5.56 Å². The van der Waals surface area contributed by atoms with Gasteiger partial charge in [-0.3, -0.25) is 4.79 Å². The minimum atomic E-state index is -3.87. The second kappa shape index (κ2) is 10.9. The molecule has 3 aromatic carbocycles. The molecule has 7 heteroatoms. The summed E-state index contributed by atoms with van der Waals surface area (Å²) < 4.78 is 28.8. The Morgan fingerprint density at radius 3 is 2.18 bits per heavy atom. The van der Waals surface area contributed by atoms with E-state index in [2.05, 4.69) is 27.1 Å². The summed E-state index contributed by atoms with van der Waals surface area (Å²) in [6.45, 7) is 4.09. The Morgan fingerprint density at radius 1 is 0.909 bits per heavy atom. The summed E-state index contributed by atoms with van der Waals surface area (Å²) >= 11 is 0. The van der Waals surface area contributed by atoms with Gasteiger partial charge in [-0.05, 0) is 54.9 Å². The Morgan fingerprint density at radius 2 is 1.55 bits per heavy atom. The molecule has 3 rings (SSSR count). The number of hydrogen-bond acceptors (Lipinski definition) is 4. The van der Waals surface area contributed by atoms with Gasteiger partial charge in [-0.15, -0.1) is 0 Å². The highest BCUT2D eigenvalue weighted by Gasteiger charge is 2.29. The summed E-state index contributed by atoms with van der Waals surface area (Å²) in [5.41, 5.74) is 1.18. The molecular formula is C26H33N3O3S. The first-order valence-electron chi connectivity index (χ1n) is 11.2. The molecule has 2 atom stereocenters. The van der Waals surface area contributed by atoms with E-state index in [1.807, 2.05) is 70.4 Å². The zero-order valence-electron chi connectivity index (χ0n) is 19.7. The number of carbonyl (C=O) groups is 1. The fraction of sp³-hybridized carbons (Fsp3) is 0.346. The Hall–Kier alpha value is -2.74. The van der Waals surface area contributed by atoms with Gasteiger partial charge in [-0.2, -0.15) is 4.72 Å². The SMILES string of the molecule is CC(C)C(NS(=O)(=O)c1ccc2ccccc2c1)C(=O)NCC(Cc1ccccc1)N(C)C. The Balaban J connectivity index is 1.70. The van der Waals surface area contributed by atoms with Crippen molar-refractivity contribution in [3.8, 4) is 0 Å². The zero-order chi connectivity index (χ0) is 24.0. The highest BCUT2D eigenvalue weighted by Crippen LogP contribution is 2.20. The van der Waals surface area contributed by atoms with E-state index in [-0.39, 0.29) is 22.8 Å². The highest BCUT2D eigenvalue weighted by molar-refractivity contribution is 7.89. The number of hydrogen-bond donors (Lipinski definition) is 2. The Labute approximate surface area is 197 Å². The third-order valence-corrected chi connectivity index (χ3v) is 7.26. The topological polar surface area (TPSA) is 78.5 Å². The third-order valence-electron chi connectivity index (χ3n) is 5.82. The molecule has 176 valence electrons. The molecule has 1 amide bonds. The summed E-state index contributed by atoms with van der Waals surface area (Å²) in [6.07, 6.45) is 0.781. The van der Waals surface area contributed by atoms with Crippen LogP contribution in [0.15, 0.2) is 77.7 Å². The summed E-state index contributed by atoms with van der Waals surface area (Å²) in [4.78, 5) is 15.2.